The first-order valence-electron chi connectivity index (χ1n) is 7.28. The minimum atomic E-state index is 0.769. The van der Waals surface area contributed by atoms with Gasteiger partial charge in [0.05, 0.1) is 12.8 Å². The largest absolute Gasteiger partial charge is 0.497 e. The number of hydrogen-bond acceptors (Lipinski definition) is 5. The number of ether oxygens (including phenoxy) is 1. The summed E-state index contributed by atoms with van der Waals surface area (Å²) in [6.45, 7) is 3.99. The molecule has 0 atom stereocenters. The van der Waals surface area contributed by atoms with Crippen molar-refractivity contribution in [2.45, 2.75) is 24.6 Å². The van der Waals surface area contributed by atoms with Gasteiger partial charge >= 0.3 is 0 Å². The van der Waals surface area contributed by atoms with E-state index in [1.54, 1.807) is 31.3 Å². The predicted octanol–water partition coefficient (Wildman–Crippen LogP) is 3.58. The van der Waals surface area contributed by atoms with Crippen LogP contribution in [0.2, 0.25) is 0 Å². The number of nitrogens with zero attached hydrogens (tertiary/aromatic N) is 4. The summed E-state index contributed by atoms with van der Waals surface area (Å²) >= 11 is 1.64. The van der Waals surface area contributed by atoms with E-state index < -0.39 is 0 Å². The fourth-order valence-corrected chi connectivity index (χ4v) is 3.21. The number of thioether (sulfide) groups is 1. The Hall–Kier alpha value is -2.34. The van der Waals surface area contributed by atoms with Gasteiger partial charge in [-0.15, -0.1) is 0 Å². The van der Waals surface area contributed by atoms with Crippen LogP contribution in [0.3, 0.4) is 0 Å². The Labute approximate surface area is 139 Å². The van der Waals surface area contributed by atoms with E-state index in [9.17, 15) is 0 Å². The average molecular weight is 326 g/mol. The summed E-state index contributed by atoms with van der Waals surface area (Å²) in [5.41, 5.74) is 3.20. The van der Waals surface area contributed by atoms with Gasteiger partial charge in [0.25, 0.3) is 0 Å². The Kier molecular flexibility index (Phi) is 4.62. The van der Waals surface area contributed by atoms with Gasteiger partial charge < -0.3 is 4.74 Å². The molecule has 0 amide bonds. The average Bonchev–Trinajstić information content (AvgIpc) is 2.91. The third kappa shape index (κ3) is 3.53. The molecule has 2 heterocycles. The molecule has 1 aromatic carbocycles. The second-order valence-electron chi connectivity index (χ2n) is 5.16. The van der Waals surface area contributed by atoms with Crippen LogP contribution in [-0.2, 0) is 5.75 Å². The molecule has 0 N–H and O–H groups in total. The van der Waals surface area contributed by atoms with Gasteiger partial charge in [0.1, 0.15) is 10.8 Å². The van der Waals surface area contributed by atoms with Gasteiger partial charge in [-0.2, -0.15) is 5.10 Å². The van der Waals surface area contributed by atoms with Crippen LogP contribution in [0, 0.1) is 13.8 Å². The molecule has 0 aliphatic carbocycles. The van der Waals surface area contributed by atoms with Gasteiger partial charge in [-0.25, -0.2) is 14.6 Å². The van der Waals surface area contributed by atoms with Crippen molar-refractivity contribution in [3.63, 3.8) is 0 Å². The second-order valence-corrected chi connectivity index (χ2v) is 6.13. The van der Waals surface area contributed by atoms with E-state index in [2.05, 4.69) is 21.1 Å². The molecule has 0 radical (unpaired) electrons. The van der Waals surface area contributed by atoms with Crippen LogP contribution in [0.5, 0.6) is 5.75 Å². The maximum Gasteiger partial charge on any atom is 0.186 e. The highest BCUT2D eigenvalue weighted by molar-refractivity contribution is 7.98. The van der Waals surface area contributed by atoms with E-state index in [0.29, 0.717) is 0 Å². The van der Waals surface area contributed by atoms with Crippen LogP contribution in [0.4, 0.5) is 0 Å². The highest BCUT2D eigenvalue weighted by Crippen LogP contribution is 2.27. The van der Waals surface area contributed by atoms with Crippen molar-refractivity contribution in [2.24, 2.45) is 0 Å². The lowest BCUT2D eigenvalue weighted by Gasteiger charge is -2.09. The smallest absolute Gasteiger partial charge is 0.186 e. The molecule has 0 saturated heterocycles. The molecule has 0 spiro atoms. The Morgan fingerprint density at radius 1 is 1.13 bits per heavy atom. The van der Waals surface area contributed by atoms with Crippen molar-refractivity contribution < 1.29 is 4.74 Å². The highest BCUT2D eigenvalue weighted by atomic mass is 32.2. The van der Waals surface area contributed by atoms with E-state index >= 15 is 0 Å². The zero-order valence-electron chi connectivity index (χ0n) is 13.4. The van der Waals surface area contributed by atoms with Crippen molar-refractivity contribution >= 4 is 11.8 Å². The number of rotatable bonds is 5. The minimum Gasteiger partial charge on any atom is -0.497 e. The molecule has 0 fully saturated rings. The SMILES string of the molecule is COc1cccc(CSc2nccnc2-n2nc(C)cc2C)c1. The van der Waals surface area contributed by atoms with Crippen LogP contribution >= 0.6 is 11.8 Å². The fourth-order valence-electron chi connectivity index (χ4n) is 2.32. The van der Waals surface area contributed by atoms with Gasteiger partial charge in [0.15, 0.2) is 5.82 Å². The Balaban J connectivity index is 1.85. The summed E-state index contributed by atoms with van der Waals surface area (Å²) in [7, 11) is 1.68. The normalized spacial score (nSPS) is 10.7. The molecule has 0 unspecified atom stereocenters. The van der Waals surface area contributed by atoms with Gasteiger partial charge in [-0.05, 0) is 37.6 Å². The second kappa shape index (κ2) is 6.83. The summed E-state index contributed by atoms with van der Waals surface area (Å²) in [6, 6.07) is 10.1. The highest BCUT2D eigenvalue weighted by Gasteiger charge is 2.12. The first-order chi connectivity index (χ1) is 11.2. The van der Waals surface area contributed by atoms with E-state index in [1.165, 1.54) is 5.56 Å². The Bertz CT molecular complexity index is 816. The molecule has 3 rings (SSSR count). The number of hydrogen-bond donors (Lipinski definition) is 0. The number of aryl methyl sites for hydroxylation is 2. The van der Waals surface area contributed by atoms with E-state index in [0.717, 1.165) is 33.7 Å². The molecule has 0 saturated carbocycles. The van der Waals surface area contributed by atoms with Crippen molar-refractivity contribution in [1.82, 2.24) is 19.7 Å². The Morgan fingerprint density at radius 2 is 1.96 bits per heavy atom. The zero-order chi connectivity index (χ0) is 16.2. The molecular weight excluding hydrogens is 308 g/mol. The van der Waals surface area contributed by atoms with Gasteiger partial charge in [0, 0.05) is 23.8 Å². The lowest BCUT2D eigenvalue weighted by molar-refractivity contribution is 0.414. The van der Waals surface area contributed by atoms with E-state index in [1.807, 2.05) is 42.8 Å². The maximum atomic E-state index is 5.27. The Morgan fingerprint density at radius 3 is 2.70 bits per heavy atom. The third-order valence-corrected chi connectivity index (χ3v) is 4.41. The molecule has 5 nitrogen and oxygen atoms in total. The first-order valence-corrected chi connectivity index (χ1v) is 8.26. The topological polar surface area (TPSA) is 52.8 Å². The third-order valence-electron chi connectivity index (χ3n) is 3.37. The predicted molar refractivity (Wildman–Crippen MR) is 91.2 cm³/mol. The van der Waals surface area contributed by atoms with Crippen molar-refractivity contribution in [3.05, 3.63) is 59.7 Å². The zero-order valence-corrected chi connectivity index (χ0v) is 14.2. The lowest BCUT2D eigenvalue weighted by atomic mass is 10.2. The number of methoxy groups -OCH3 is 1. The summed E-state index contributed by atoms with van der Waals surface area (Å²) in [6.07, 6.45) is 3.41. The van der Waals surface area contributed by atoms with E-state index in [4.69, 9.17) is 4.74 Å². The van der Waals surface area contributed by atoms with Crippen LogP contribution in [-0.4, -0.2) is 26.9 Å². The number of benzene rings is 1. The van der Waals surface area contributed by atoms with Crippen LogP contribution in [0.1, 0.15) is 17.0 Å². The molecule has 0 aliphatic rings. The summed E-state index contributed by atoms with van der Waals surface area (Å²) in [5, 5.41) is 5.37. The molecular formula is C17H18N4OS. The minimum absolute atomic E-state index is 0.769. The first kappa shape index (κ1) is 15.6. The van der Waals surface area contributed by atoms with Gasteiger partial charge in [0.2, 0.25) is 0 Å². The van der Waals surface area contributed by atoms with Gasteiger partial charge in [-0.3, -0.25) is 0 Å². The molecule has 23 heavy (non-hydrogen) atoms. The lowest BCUT2D eigenvalue weighted by Crippen LogP contribution is -2.05. The summed E-state index contributed by atoms with van der Waals surface area (Å²) in [4.78, 5) is 8.93. The fraction of sp³-hybridized carbons (Fsp3) is 0.235. The van der Waals surface area contributed by atoms with Crippen LogP contribution in [0.15, 0.2) is 47.8 Å². The molecule has 2 aromatic heterocycles. The van der Waals surface area contributed by atoms with Crippen LogP contribution in [0.25, 0.3) is 5.82 Å². The number of aromatic nitrogens is 4. The van der Waals surface area contributed by atoms with Crippen molar-refractivity contribution in [3.8, 4) is 11.6 Å². The molecule has 6 heteroatoms. The van der Waals surface area contributed by atoms with E-state index in [-0.39, 0.29) is 0 Å². The maximum absolute atomic E-state index is 5.27. The quantitative estimate of drug-likeness (QED) is 0.671. The molecule has 3 aromatic rings. The standard InChI is InChI=1S/C17H18N4OS/c1-12-9-13(2)21(20-12)16-17(19-8-7-18-16)23-11-14-5-4-6-15(10-14)22-3/h4-10H,11H2,1-3H3. The van der Waals surface area contributed by atoms with Crippen molar-refractivity contribution in [2.75, 3.05) is 7.11 Å². The van der Waals surface area contributed by atoms with Crippen molar-refractivity contribution in [1.29, 1.82) is 0 Å². The molecule has 0 bridgehead atoms. The summed E-state index contributed by atoms with van der Waals surface area (Å²) in [5.74, 6) is 2.43. The monoisotopic (exact) mass is 326 g/mol. The molecule has 118 valence electrons. The van der Waals surface area contributed by atoms with Crippen LogP contribution < -0.4 is 4.74 Å². The summed E-state index contributed by atoms with van der Waals surface area (Å²) < 4.78 is 7.11. The van der Waals surface area contributed by atoms with Gasteiger partial charge in [-0.1, -0.05) is 23.9 Å². The molecule has 0 aliphatic heterocycles.